The highest BCUT2D eigenvalue weighted by atomic mass is 32.1. The molecule has 0 spiro atoms. The van der Waals surface area contributed by atoms with Crippen LogP contribution in [0.5, 0.6) is 5.75 Å². The number of aryl methyl sites for hydroxylation is 1. The third-order valence-corrected chi connectivity index (χ3v) is 5.82. The van der Waals surface area contributed by atoms with Crippen molar-refractivity contribution in [3.8, 4) is 16.3 Å². The Labute approximate surface area is 179 Å². The Hall–Kier alpha value is -2.74. The number of esters is 1. The normalized spacial score (nSPS) is 14.1. The Balaban J connectivity index is 1.71. The fourth-order valence-electron chi connectivity index (χ4n) is 3.26. The number of carbonyl (C=O) groups excluding carboxylic acids is 1. The van der Waals surface area contributed by atoms with Gasteiger partial charge in [0.1, 0.15) is 22.2 Å². The lowest BCUT2D eigenvalue weighted by atomic mass is 10.1. The van der Waals surface area contributed by atoms with Crippen molar-refractivity contribution in [2.75, 3.05) is 19.8 Å². The van der Waals surface area contributed by atoms with Gasteiger partial charge in [-0.05, 0) is 25.5 Å². The molecule has 0 unspecified atom stereocenters. The fraction of sp³-hybridized carbons (Fsp3) is 0.304. The fourth-order valence-corrected chi connectivity index (χ4v) is 4.26. The molecule has 30 heavy (non-hydrogen) atoms. The van der Waals surface area contributed by atoms with E-state index in [1.165, 1.54) is 11.3 Å². The quantitative estimate of drug-likeness (QED) is 0.501. The Morgan fingerprint density at radius 2 is 1.90 bits per heavy atom. The van der Waals surface area contributed by atoms with Crippen LogP contribution in [0.1, 0.15) is 39.7 Å². The van der Waals surface area contributed by atoms with Gasteiger partial charge in [-0.1, -0.05) is 42.5 Å². The van der Waals surface area contributed by atoms with Gasteiger partial charge in [0, 0.05) is 5.56 Å². The summed E-state index contributed by atoms with van der Waals surface area (Å²) >= 11 is 1.30. The van der Waals surface area contributed by atoms with Gasteiger partial charge in [0.15, 0.2) is 6.29 Å². The van der Waals surface area contributed by atoms with Crippen LogP contribution in [0.25, 0.3) is 10.6 Å². The lowest BCUT2D eigenvalue weighted by molar-refractivity contribution is -0.0454. The van der Waals surface area contributed by atoms with E-state index < -0.39 is 6.29 Å². The van der Waals surface area contributed by atoms with Crippen molar-refractivity contribution in [3.63, 3.8) is 0 Å². The maximum Gasteiger partial charge on any atom is 0.350 e. The molecule has 4 rings (SSSR count). The van der Waals surface area contributed by atoms with Crippen LogP contribution in [0.4, 0.5) is 0 Å². The van der Waals surface area contributed by atoms with E-state index in [9.17, 15) is 4.79 Å². The predicted octanol–water partition coefficient (Wildman–Crippen LogP) is 4.92. The topological polar surface area (TPSA) is 66.9 Å². The van der Waals surface area contributed by atoms with Gasteiger partial charge in [-0.25, -0.2) is 9.78 Å². The summed E-state index contributed by atoms with van der Waals surface area (Å²) in [6, 6.07) is 15.7. The van der Waals surface area contributed by atoms with Crippen LogP contribution in [0.15, 0.2) is 48.5 Å². The molecule has 0 atom stereocenters. The standard InChI is InChI=1S/C23H23NO5S/c1-3-26-22(25)20-15(2)24-21(30-20)17-10-7-11-18(19(17)23-27-12-13-28-23)29-14-16-8-5-4-6-9-16/h4-11,23H,3,12-14H2,1-2H3. The summed E-state index contributed by atoms with van der Waals surface area (Å²) in [4.78, 5) is 17.4. The zero-order valence-electron chi connectivity index (χ0n) is 16.9. The first-order chi connectivity index (χ1) is 14.7. The average Bonchev–Trinajstić information content (AvgIpc) is 3.43. The number of aromatic nitrogens is 1. The summed E-state index contributed by atoms with van der Waals surface area (Å²) in [5.41, 5.74) is 3.33. The molecule has 6 nitrogen and oxygen atoms in total. The SMILES string of the molecule is CCOC(=O)c1sc(-c2cccc(OCc3ccccc3)c2C2OCCO2)nc1C. The molecule has 0 aliphatic carbocycles. The molecule has 7 heteroatoms. The Morgan fingerprint density at radius 3 is 2.63 bits per heavy atom. The predicted molar refractivity (Wildman–Crippen MR) is 114 cm³/mol. The van der Waals surface area contributed by atoms with Gasteiger partial charge in [-0.15, -0.1) is 11.3 Å². The summed E-state index contributed by atoms with van der Waals surface area (Å²) in [6.07, 6.45) is -0.540. The Morgan fingerprint density at radius 1 is 1.13 bits per heavy atom. The lowest BCUT2D eigenvalue weighted by Crippen LogP contribution is -2.06. The van der Waals surface area contributed by atoms with Crippen LogP contribution >= 0.6 is 11.3 Å². The van der Waals surface area contributed by atoms with E-state index in [0.29, 0.717) is 47.8 Å². The monoisotopic (exact) mass is 425 g/mol. The highest BCUT2D eigenvalue weighted by Crippen LogP contribution is 2.41. The van der Waals surface area contributed by atoms with Crippen LogP contribution in [0, 0.1) is 6.92 Å². The van der Waals surface area contributed by atoms with Crippen molar-refractivity contribution in [1.29, 1.82) is 0 Å². The summed E-state index contributed by atoms with van der Waals surface area (Å²) in [5.74, 6) is 0.318. The molecule has 2 heterocycles. The minimum absolute atomic E-state index is 0.323. The molecule has 1 aromatic heterocycles. The van der Waals surface area contributed by atoms with Gasteiger partial charge < -0.3 is 18.9 Å². The van der Waals surface area contributed by atoms with Crippen molar-refractivity contribution in [3.05, 3.63) is 70.2 Å². The van der Waals surface area contributed by atoms with E-state index in [-0.39, 0.29) is 5.97 Å². The molecule has 1 aliphatic heterocycles. The van der Waals surface area contributed by atoms with Crippen molar-refractivity contribution < 1.29 is 23.7 Å². The summed E-state index contributed by atoms with van der Waals surface area (Å²) < 4.78 is 22.9. The van der Waals surface area contributed by atoms with Crippen molar-refractivity contribution in [2.45, 2.75) is 26.7 Å². The molecule has 3 aromatic rings. The zero-order valence-corrected chi connectivity index (χ0v) is 17.7. The zero-order chi connectivity index (χ0) is 20.9. The lowest BCUT2D eigenvalue weighted by Gasteiger charge is -2.18. The minimum atomic E-state index is -0.540. The van der Waals surface area contributed by atoms with Gasteiger partial charge in [-0.2, -0.15) is 0 Å². The Bertz CT molecular complexity index is 1010. The van der Waals surface area contributed by atoms with Crippen molar-refractivity contribution >= 4 is 17.3 Å². The van der Waals surface area contributed by atoms with E-state index in [1.54, 1.807) is 6.92 Å². The average molecular weight is 426 g/mol. The second-order valence-electron chi connectivity index (χ2n) is 6.72. The molecule has 1 aliphatic rings. The third kappa shape index (κ3) is 4.38. The summed E-state index contributed by atoms with van der Waals surface area (Å²) in [6.45, 7) is 5.38. The van der Waals surface area contributed by atoms with Gasteiger partial charge in [0.25, 0.3) is 0 Å². The van der Waals surface area contributed by atoms with Crippen LogP contribution in [0.3, 0.4) is 0 Å². The van der Waals surface area contributed by atoms with Crippen molar-refractivity contribution in [2.24, 2.45) is 0 Å². The first-order valence-corrected chi connectivity index (χ1v) is 10.7. The molecule has 0 saturated carbocycles. The van der Waals surface area contributed by atoms with E-state index in [0.717, 1.165) is 16.7 Å². The number of carbonyl (C=O) groups is 1. The summed E-state index contributed by atoms with van der Waals surface area (Å²) in [5, 5.41) is 0.704. The van der Waals surface area contributed by atoms with Crippen LogP contribution in [0.2, 0.25) is 0 Å². The second-order valence-corrected chi connectivity index (χ2v) is 7.72. The molecule has 2 aromatic carbocycles. The Kier molecular flexibility index (Phi) is 6.42. The number of hydrogen-bond acceptors (Lipinski definition) is 7. The smallest absolute Gasteiger partial charge is 0.350 e. The van der Waals surface area contributed by atoms with Gasteiger partial charge in [-0.3, -0.25) is 0 Å². The molecule has 0 N–H and O–H groups in total. The number of nitrogens with zero attached hydrogens (tertiary/aromatic N) is 1. The van der Waals surface area contributed by atoms with Gasteiger partial charge in [0.2, 0.25) is 0 Å². The third-order valence-electron chi connectivity index (χ3n) is 4.65. The van der Waals surface area contributed by atoms with Crippen molar-refractivity contribution in [1.82, 2.24) is 4.98 Å². The minimum Gasteiger partial charge on any atom is -0.488 e. The molecule has 0 bridgehead atoms. The molecule has 156 valence electrons. The van der Waals surface area contributed by atoms with Crippen LogP contribution in [-0.2, 0) is 20.8 Å². The number of rotatable bonds is 7. The first kappa shape index (κ1) is 20.5. The van der Waals surface area contributed by atoms with E-state index in [1.807, 2.05) is 55.5 Å². The number of benzene rings is 2. The van der Waals surface area contributed by atoms with E-state index >= 15 is 0 Å². The maximum atomic E-state index is 12.3. The number of ether oxygens (including phenoxy) is 4. The van der Waals surface area contributed by atoms with Gasteiger partial charge in [0.05, 0.1) is 31.1 Å². The van der Waals surface area contributed by atoms with Crippen LogP contribution in [-0.4, -0.2) is 30.8 Å². The summed E-state index contributed by atoms with van der Waals surface area (Å²) in [7, 11) is 0. The van der Waals surface area contributed by atoms with Gasteiger partial charge >= 0.3 is 5.97 Å². The molecular weight excluding hydrogens is 402 g/mol. The van der Waals surface area contributed by atoms with E-state index in [2.05, 4.69) is 4.98 Å². The number of hydrogen-bond donors (Lipinski definition) is 0. The van der Waals surface area contributed by atoms with E-state index in [4.69, 9.17) is 18.9 Å². The highest BCUT2D eigenvalue weighted by molar-refractivity contribution is 7.17. The molecule has 1 fully saturated rings. The largest absolute Gasteiger partial charge is 0.488 e. The second kappa shape index (κ2) is 9.38. The maximum absolute atomic E-state index is 12.3. The highest BCUT2D eigenvalue weighted by Gasteiger charge is 2.28. The molecule has 0 radical (unpaired) electrons. The molecule has 1 saturated heterocycles. The number of thiazole rings is 1. The van der Waals surface area contributed by atoms with Crippen LogP contribution < -0.4 is 4.74 Å². The molecule has 0 amide bonds. The first-order valence-electron chi connectivity index (χ1n) is 9.85. The molecular formula is C23H23NO5S.